The highest BCUT2D eigenvalue weighted by Crippen LogP contribution is 2.30. The molecule has 2 atom stereocenters. The summed E-state index contributed by atoms with van der Waals surface area (Å²) in [6, 6.07) is 5.82. The normalized spacial score (nSPS) is 24.5. The third-order valence-corrected chi connectivity index (χ3v) is 5.88. The molecule has 2 aliphatic heterocycles. The van der Waals surface area contributed by atoms with Crippen LogP contribution < -0.4 is 4.90 Å². The number of piperidine rings is 1. The summed E-state index contributed by atoms with van der Waals surface area (Å²) in [7, 11) is 0. The van der Waals surface area contributed by atoms with E-state index < -0.39 is 11.6 Å². The number of hydrogen-bond acceptors (Lipinski definition) is 7. The smallest absolute Gasteiger partial charge is 0.341 e. The van der Waals surface area contributed by atoms with Crippen LogP contribution >= 0.6 is 0 Å². The van der Waals surface area contributed by atoms with Crippen LogP contribution in [0.2, 0.25) is 0 Å². The zero-order chi connectivity index (χ0) is 21.3. The fourth-order valence-corrected chi connectivity index (χ4v) is 4.32. The maximum Gasteiger partial charge on any atom is 0.341 e. The molecule has 0 radical (unpaired) electrons. The van der Waals surface area contributed by atoms with E-state index in [0.717, 1.165) is 5.69 Å². The summed E-state index contributed by atoms with van der Waals surface area (Å²) in [6.07, 6.45) is 3.06. The Balaban J connectivity index is 1.49. The highest BCUT2D eigenvalue weighted by molar-refractivity contribution is 5.92. The molecule has 0 bridgehead atoms. The molecule has 0 unspecified atom stereocenters. The molecular formula is C21H24FN5O3. The van der Waals surface area contributed by atoms with E-state index in [4.69, 9.17) is 9.84 Å². The summed E-state index contributed by atoms with van der Waals surface area (Å²) < 4.78 is 20.4. The molecule has 0 spiro atoms. The van der Waals surface area contributed by atoms with Gasteiger partial charge in [0.1, 0.15) is 17.1 Å². The van der Waals surface area contributed by atoms with Crippen molar-refractivity contribution in [3.05, 3.63) is 30.1 Å². The zero-order valence-electron chi connectivity index (χ0n) is 16.8. The van der Waals surface area contributed by atoms with E-state index >= 15 is 0 Å². The molecule has 2 aromatic rings. The van der Waals surface area contributed by atoms with Gasteiger partial charge in [0.2, 0.25) is 5.67 Å². The van der Waals surface area contributed by atoms with Crippen molar-refractivity contribution in [1.82, 2.24) is 14.9 Å². The van der Waals surface area contributed by atoms with Gasteiger partial charge >= 0.3 is 5.97 Å². The number of ether oxygens (including phenoxy) is 1. The Hall–Kier alpha value is -2.83. The first-order valence-electron chi connectivity index (χ1n) is 10.1. The summed E-state index contributed by atoms with van der Waals surface area (Å²) in [5.41, 5.74) is 0.539. The van der Waals surface area contributed by atoms with Crippen molar-refractivity contribution in [3.8, 4) is 6.07 Å². The number of alkyl halides is 1. The van der Waals surface area contributed by atoms with Crippen LogP contribution in [0.4, 0.5) is 10.1 Å². The number of hydrogen-bond donors (Lipinski definition) is 1. The molecule has 0 amide bonds. The fraction of sp³-hybridized carbons (Fsp3) is 0.524. The molecule has 30 heavy (non-hydrogen) atoms. The molecule has 1 N–H and O–H groups in total. The third-order valence-electron chi connectivity index (χ3n) is 5.88. The van der Waals surface area contributed by atoms with E-state index in [1.807, 2.05) is 13.0 Å². The van der Waals surface area contributed by atoms with Crippen molar-refractivity contribution in [2.45, 2.75) is 37.6 Å². The Labute approximate surface area is 173 Å². The minimum absolute atomic E-state index is 0.00975. The monoisotopic (exact) mass is 413 g/mol. The minimum Gasteiger partial charge on any atom is -0.479 e. The molecule has 0 aliphatic carbocycles. The van der Waals surface area contributed by atoms with Crippen molar-refractivity contribution in [2.24, 2.45) is 0 Å². The van der Waals surface area contributed by atoms with Crippen molar-refractivity contribution >= 4 is 22.7 Å². The van der Waals surface area contributed by atoms with Crippen molar-refractivity contribution < 1.29 is 19.0 Å². The second kappa shape index (κ2) is 8.13. The number of morpholine rings is 1. The topological polar surface area (TPSA) is 103 Å². The third kappa shape index (κ3) is 3.93. The molecule has 3 heterocycles. The first-order valence-corrected chi connectivity index (χ1v) is 10.1. The number of carboxylic acids is 1. The predicted molar refractivity (Wildman–Crippen MR) is 108 cm³/mol. The number of halogens is 1. The number of aliphatic carboxylic acids is 1. The van der Waals surface area contributed by atoms with Crippen molar-refractivity contribution in [2.75, 3.05) is 37.6 Å². The van der Waals surface area contributed by atoms with Crippen LogP contribution in [-0.4, -0.2) is 76.5 Å². The summed E-state index contributed by atoms with van der Waals surface area (Å²) in [6.45, 7) is 4.70. The van der Waals surface area contributed by atoms with E-state index in [2.05, 4.69) is 25.8 Å². The molecule has 0 saturated carbocycles. The molecular weight excluding hydrogens is 389 g/mol. The molecule has 2 fully saturated rings. The lowest BCUT2D eigenvalue weighted by Crippen LogP contribution is -2.53. The lowest BCUT2D eigenvalue weighted by molar-refractivity contribution is -0.154. The number of nitriles is 1. The fourth-order valence-electron chi connectivity index (χ4n) is 4.32. The van der Waals surface area contributed by atoms with E-state index in [1.54, 1.807) is 18.5 Å². The number of fused-ring (bicyclic) bond motifs is 1. The number of carboxylic acid groups (broad SMARTS) is 1. The Morgan fingerprint density at radius 3 is 2.67 bits per heavy atom. The molecule has 8 nitrogen and oxygen atoms in total. The van der Waals surface area contributed by atoms with Gasteiger partial charge in [-0.15, -0.1) is 0 Å². The molecule has 1 aromatic carbocycles. The molecule has 9 heteroatoms. The minimum atomic E-state index is -2.12. The van der Waals surface area contributed by atoms with Crippen molar-refractivity contribution in [1.29, 1.82) is 5.26 Å². The van der Waals surface area contributed by atoms with Crippen LogP contribution in [0, 0.1) is 11.3 Å². The van der Waals surface area contributed by atoms with Gasteiger partial charge in [-0.2, -0.15) is 5.26 Å². The van der Waals surface area contributed by atoms with Gasteiger partial charge in [0, 0.05) is 58.0 Å². The molecule has 158 valence electrons. The van der Waals surface area contributed by atoms with Crippen LogP contribution in [0.15, 0.2) is 24.5 Å². The lowest BCUT2D eigenvalue weighted by Gasteiger charge is -2.41. The van der Waals surface area contributed by atoms with Gasteiger partial charge in [0.15, 0.2) is 0 Å². The quantitative estimate of drug-likeness (QED) is 0.812. The van der Waals surface area contributed by atoms with Gasteiger partial charge < -0.3 is 19.6 Å². The molecule has 1 aromatic heterocycles. The Morgan fingerprint density at radius 2 is 2.00 bits per heavy atom. The van der Waals surface area contributed by atoms with E-state index in [-0.39, 0.29) is 25.0 Å². The average molecular weight is 413 g/mol. The van der Waals surface area contributed by atoms with Crippen LogP contribution in [0.1, 0.15) is 25.3 Å². The van der Waals surface area contributed by atoms with Crippen LogP contribution in [0.25, 0.3) is 11.0 Å². The SMILES string of the molecule is C[C@@H]1CN(c2ccc(C#N)c3nccnc23)C[C@H](CN2CCC(F)(C(=O)O)CC2)O1. The van der Waals surface area contributed by atoms with Crippen LogP contribution in [-0.2, 0) is 9.53 Å². The number of anilines is 1. The Bertz CT molecular complexity index is 986. The first kappa shape index (κ1) is 20.4. The Morgan fingerprint density at radius 1 is 1.30 bits per heavy atom. The van der Waals surface area contributed by atoms with Crippen LogP contribution in [0.5, 0.6) is 0 Å². The summed E-state index contributed by atoms with van der Waals surface area (Å²) in [4.78, 5) is 24.2. The lowest BCUT2D eigenvalue weighted by atomic mass is 9.93. The van der Waals surface area contributed by atoms with Gasteiger partial charge in [0.05, 0.1) is 23.5 Å². The summed E-state index contributed by atoms with van der Waals surface area (Å²) in [5, 5.41) is 18.4. The van der Waals surface area contributed by atoms with Gasteiger partial charge in [-0.05, 0) is 19.1 Å². The highest BCUT2D eigenvalue weighted by Gasteiger charge is 2.42. The molecule has 2 aliphatic rings. The van der Waals surface area contributed by atoms with Crippen molar-refractivity contribution in [3.63, 3.8) is 0 Å². The maximum absolute atomic E-state index is 14.3. The maximum atomic E-state index is 14.3. The number of carbonyl (C=O) groups is 1. The number of likely N-dealkylation sites (tertiary alicyclic amines) is 1. The zero-order valence-corrected chi connectivity index (χ0v) is 16.8. The van der Waals surface area contributed by atoms with Gasteiger partial charge in [-0.3, -0.25) is 9.97 Å². The Kier molecular flexibility index (Phi) is 5.54. The van der Waals surface area contributed by atoms with E-state index in [9.17, 15) is 14.4 Å². The number of benzene rings is 1. The number of nitrogens with zero attached hydrogens (tertiary/aromatic N) is 5. The molecule has 4 rings (SSSR count). The second-order valence-electron chi connectivity index (χ2n) is 8.04. The molecule has 2 saturated heterocycles. The van der Waals surface area contributed by atoms with E-state index in [0.29, 0.717) is 49.3 Å². The van der Waals surface area contributed by atoms with Gasteiger partial charge in [-0.1, -0.05) is 0 Å². The largest absolute Gasteiger partial charge is 0.479 e. The summed E-state index contributed by atoms with van der Waals surface area (Å²) >= 11 is 0. The average Bonchev–Trinajstić information content (AvgIpc) is 2.74. The highest BCUT2D eigenvalue weighted by atomic mass is 19.1. The first-order chi connectivity index (χ1) is 14.4. The van der Waals surface area contributed by atoms with Crippen LogP contribution in [0.3, 0.4) is 0 Å². The standard InChI is InChI=1S/C21H24FN5O3/c1-14-11-27(17-3-2-15(10-23)18-19(17)25-7-6-24-18)13-16(30-14)12-26-8-4-21(22,5-9-26)20(28)29/h2-3,6-7,14,16H,4-5,8-9,11-13H2,1H3,(H,28,29)/t14-,16+/m1/s1. The second-order valence-corrected chi connectivity index (χ2v) is 8.04. The predicted octanol–water partition coefficient (Wildman–Crippen LogP) is 1.98. The summed E-state index contributed by atoms with van der Waals surface area (Å²) in [5.74, 6) is -1.37. The van der Waals surface area contributed by atoms with Gasteiger partial charge in [-0.25, -0.2) is 9.18 Å². The van der Waals surface area contributed by atoms with Gasteiger partial charge in [0.25, 0.3) is 0 Å². The van der Waals surface area contributed by atoms with E-state index in [1.165, 1.54) is 0 Å². The number of rotatable bonds is 4. The number of aromatic nitrogens is 2.